The van der Waals surface area contributed by atoms with E-state index in [1.54, 1.807) is 13.2 Å². The number of halogens is 1. The molecule has 1 aromatic carbocycles. The van der Waals surface area contributed by atoms with Gasteiger partial charge in [-0.2, -0.15) is 0 Å². The molecule has 0 heterocycles. The van der Waals surface area contributed by atoms with Crippen LogP contribution < -0.4 is 10.1 Å². The second kappa shape index (κ2) is 5.53. The topological polar surface area (TPSA) is 41.5 Å². The smallest absolute Gasteiger partial charge is 0.120 e. The zero-order chi connectivity index (χ0) is 12.2. The van der Waals surface area contributed by atoms with Crippen molar-refractivity contribution in [3.05, 3.63) is 28.8 Å². The normalized spacial score (nSPS) is 11.6. The number of hydrogen-bond donors (Lipinski definition) is 2. The Kier molecular flexibility index (Phi) is 4.59. The zero-order valence-corrected chi connectivity index (χ0v) is 10.6. The monoisotopic (exact) mass is 243 g/mol. The molecule has 0 radical (unpaired) electrons. The molecule has 4 heteroatoms. The zero-order valence-electron chi connectivity index (χ0n) is 9.88. The summed E-state index contributed by atoms with van der Waals surface area (Å²) >= 11 is 6.20. The van der Waals surface area contributed by atoms with E-state index in [2.05, 4.69) is 19.2 Å². The van der Waals surface area contributed by atoms with Crippen LogP contribution in [0.3, 0.4) is 0 Å². The van der Waals surface area contributed by atoms with Crippen LogP contribution in [0, 0.1) is 0 Å². The number of ether oxygens (including phenoxy) is 1. The quantitative estimate of drug-likeness (QED) is 0.779. The van der Waals surface area contributed by atoms with Gasteiger partial charge in [0.15, 0.2) is 0 Å². The molecule has 0 aliphatic carbocycles. The number of aliphatic hydroxyl groups is 1. The third kappa shape index (κ3) is 3.11. The van der Waals surface area contributed by atoms with Gasteiger partial charge in [0.1, 0.15) is 5.75 Å². The first kappa shape index (κ1) is 13.3. The Morgan fingerprint density at radius 2 is 2.12 bits per heavy atom. The van der Waals surface area contributed by atoms with Crippen molar-refractivity contribution in [2.24, 2.45) is 0 Å². The van der Waals surface area contributed by atoms with Gasteiger partial charge in [-0.25, -0.2) is 0 Å². The van der Waals surface area contributed by atoms with Crippen LogP contribution >= 0.6 is 11.6 Å². The van der Waals surface area contributed by atoms with E-state index in [0.29, 0.717) is 11.6 Å². The molecule has 90 valence electrons. The highest BCUT2D eigenvalue weighted by atomic mass is 35.5. The third-order valence-electron chi connectivity index (χ3n) is 2.58. The number of hydrogen-bond acceptors (Lipinski definition) is 3. The van der Waals surface area contributed by atoms with E-state index in [0.717, 1.165) is 11.3 Å². The average molecular weight is 244 g/mol. The lowest BCUT2D eigenvalue weighted by atomic mass is 9.84. The number of benzene rings is 1. The molecule has 0 saturated carbocycles. The highest BCUT2D eigenvalue weighted by Crippen LogP contribution is 2.32. The van der Waals surface area contributed by atoms with Crippen LogP contribution in [0.1, 0.15) is 19.4 Å². The summed E-state index contributed by atoms with van der Waals surface area (Å²) in [6, 6.07) is 5.65. The van der Waals surface area contributed by atoms with E-state index in [-0.39, 0.29) is 12.1 Å². The van der Waals surface area contributed by atoms with E-state index in [1.165, 1.54) is 0 Å². The second-order valence-corrected chi connectivity index (χ2v) is 4.72. The van der Waals surface area contributed by atoms with Crippen molar-refractivity contribution in [3.63, 3.8) is 0 Å². The molecule has 0 atom stereocenters. The van der Waals surface area contributed by atoms with E-state index in [9.17, 15) is 0 Å². The molecular formula is C12H18ClNO2. The summed E-state index contributed by atoms with van der Waals surface area (Å²) in [5.41, 5.74) is 0.905. The second-order valence-electron chi connectivity index (χ2n) is 4.31. The molecule has 0 fully saturated rings. The van der Waals surface area contributed by atoms with Crippen LogP contribution in [-0.2, 0) is 5.41 Å². The molecule has 1 rings (SSSR count). The average Bonchev–Trinajstić information content (AvgIpc) is 2.25. The molecule has 1 aromatic rings. The summed E-state index contributed by atoms with van der Waals surface area (Å²) in [6.45, 7) is 4.78. The number of methoxy groups -OCH3 is 1. The molecular weight excluding hydrogens is 226 g/mol. The van der Waals surface area contributed by atoms with Crippen molar-refractivity contribution in [1.29, 1.82) is 0 Å². The van der Waals surface area contributed by atoms with Gasteiger partial charge >= 0.3 is 0 Å². The minimum Gasteiger partial charge on any atom is -0.497 e. The predicted octanol–water partition coefficient (Wildman–Crippen LogP) is 2.17. The first-order valence-corrected chi connectivity index (χ1v) is 5.54. The number of rotatable bonds is 5. The van der Waals surface area contributed by atoms with Gasteiger partial charge in [0.2, 0.25) is 0 Å². The van der Waals surface area contributed by atoms with Gasteiger partial charge in [-0.3, -0.25) is 5.32 Å². The Hall–Kier alpha value is -0.770. The fraction of sp³-hybridized carbons (Fsp3) is 0.500. The minimum atomic E-state index is -0.133. The predicted molar refractivity (Wildman–Crippen MR) is 66.1 cm³/mol. The third-order valence-corrected chi connectivity index (χ3v) is 2.90. The van der Waals surface area contributed by atoms with E-state index >= 15 is 0 Å². The molecule has 0 aliphatic rings. The van der Waals surface area contributed by atoms with Crippen LogP contribution in [0.2, 0.25) is 5.02 Å². The molecule has 0 spiro atoms. The summed E-state index contributed by atoms with van der Waals surface area (Å²) in [5, 5.41) is 12.4. The summed E-state index contributed by atoms with van der Waals surface area (Å²) in [4.78, 5) is 0. The molecule has 0 aliphatic heterocycles. The molecule has 16 heavy (non-hydrogen) atoms. The molecule has 0 saturated heterocycles. The SMILES string of the molecule is COc1ccc(C(C)(C)CNCO)c(Cl)c1. The highest BCUT2D eigenvalue weighted by molar-refractivity contribution is 6.31. The Morgan fingerprint density at radius 1 is 1.44 bits per heavy atom. The maximum Gasteiger partial charge on any atom is 0.120 e. The van der Waals surface area contributed by atoms with Gasteiger partial charge in [0.25, 0.3) is 0 Å². The van der Waals surface area contributed by atoms with Crippen molar-refractivity contribution >= 4 is 11.6 Å². The molecule has 0 amide bonds. The fourth-order valence-corrected chi connectivity index (χ4v) is 2.06. The summed E-state index contributed by atoms with van der Waals surface area (Å²) in [6.07, 6.45) is 0. The lowest BCUT2D eigenvalue weighted by molar-refractivity contribution is 0.247. The van der Waals surface area contributed by atoms with E-state index < -0.39 is 0 Å². The molecule has 2 N–H and O–H groups in total. The largest absolute Gasteiger partial charge is 0.497 e. The van der Waals surface area contributed by atoms with Gasteiger partial charge in [-0.15, -0.1) is 0 Å². The van der Waals surface area contributed by atoms with Crippen molar-refractivity contribution in [1.82, 2.24) is 5.32 Å². The van der Waals surface area contributed by atoms with Crippen LogP contribution in [0.5, 0.6) is 5.75 Å². The lowest BCUT2D eigenvalue weighted by Gasteiger charge is -2.26. The highest BCUT2D eigenvalue weighted by Gasteiger charge is 2.22. The number of nitrogens with one attached hydrogen (secondary N) is 1. The first-order chi connectivity index (χ1) is 7.51. The Morgan fingerprint density at radius 3 is 2.62 bits per heavy atom. The Labute approximate surface area is 101 Å². The molecule has 0 aromatic heterocycles. The summed E-state index contributed by atoms with van der Waals surface area (Å²) < 4.78 is 5.10. The van der Waals surface area contributed by atoms with Crippen molar-refractivity contribution < 1.29 is 9.84 Å². The summed E-state index contributed by atoms with van der Waals surface area (Å²) in [5.74, 6) is 0.750. The van der Waals surface area contributed by atoms with Gasteiger partial charge in [-0.05, 0) is 17.7 Å². The standard InChI is InChI=1S/C12H18ClNO2/c1-12(2,7-14-8-15)10-5-4-9(16-3)6-11(10)13/h4-6,14-15H,7-8H2,1-3H3. The van der Waals surface area contributed by atoms with Gasteiger partial charge in [0.05, 0.1) is 13.8 Å². The maximum absolute atomic E-state index is 8.76. The van der Waals surface area contributed by atoms with Crippen LogP contribution in [0.25, 0.3) is 0 Å². The molecule has 3 nitrogen and oxygen atoms in total. The van der Waals surface area contributed by atoms with Crippen molar-refractivity contribution in [2.75, 3.05) is 20.4 Å². The van der Waals surface area contributed by atoms with Crippen LogP contribution in [0.4, 0.5) is 0 Å². The van der Waals surface area contributed by atoms with E-state index in [4.69, 9.17) is 21.4 Å². The van der Waals surface area contributed by atoms with Crippen LogP contribution in [0.15, 0.2) is 18.2 Å². The van der Waals surface area contributed by atoms with Gasteiger partial charge < -0.3 is 9.84 Å². The minimum absolute atomic E-state index is 0.0306. The lowest BCUT2D eigenvalue weighted by Crippen LogP contribution is -2.33. The number of aliphatic hydroxyl groups excluding tert-OH is 1. The Balaban J connectivity index is 2.94. The molecule has 0 bridgehead atoms. The summed E-state index contributed by atoms with van der Waals surface area (Å²) in [7, 11) is 1.61. The Bertz CT molecular complexity index is 353. The molecule has 0 unspecified atom stereocenters. The van der Waals surface area contributed by atoms with Crippen molar-refractivity contribution in [3.8, 4) is 5.75 Å². The van der Waals surface area contributed by atoms with Gasteiger partial charge in [0, 0.05) is 17.0 Å². The maximum atomic E-state index is 8.76. The van der Waals surface area contributed by atoms with Crippen LogP contribution in [-0.4, -0.2) is 25.5 Å². The first-order valence-electron chi connectivity index (χ1n) is 5.17. The van der Waals surface area contributed by atoms with E-state index in [1.807, 2.05) is 12.1 Å². The van der Waals surface area contributed by atoms with Crippen molar-refractivity contribution in [2.45, 2.75) is 19.3 Å². The fourth-order valence-electron chi connectivity index (χ4n) is 1.64. The van der Waals surface area contributed by atoms with Gasteiger partial charge in [-0.1, -0.05) is 31.5 Å².